The maximum Gasteiger partial charge on any atom is 0.319 e. The van der Waals surface area contributed by atoms with Crippen LogP contribution >= 0.6 is 0 Å². The molecule has 26 heavy (non-hydrogen) atoms. The van der Waals surface area contributed by atoms with Crippen molar-refractivity contribution < 1.29 is 19.0 Å². The number of ether oxygens (including phenoxy) is 3. The second-order valence-electron chi connectivity index (χ2n) is 6.05. The first-order valence-electron chi connectivity index (χ1n) is 8.57. The predicted molar refractivity (Wildman–Crippen MR) is 102 cm³/mol. The van der Waals surface area contributed by atoms with E-state index in [1.165, 1.54) is 0 Å². The Morgan fingerprint density at radius 2 is 1.85 bits per heavy atom. The molecule has 0 aliphatic heterocycles. The molecule has 2 amide bonds. The summed E-state index contributed by atoms with van der Waals surface area (Å²) in [7, 11) is 1.60. The normalized spacial score (nSPS) is 10.3. The summed E-state index contributed by atoms with van der Waals surface area (Å²) in [6.45, 7) is 6.55. The summed E-state index contributed by atoms with van der Waals surface area (Å²) < 4.78 is 16.6. The molecule has 0 radical (unpaired) electrons. The Labute approximate surface area is 154 Å². The number of nitrogens with one attached hydrogen (secondary N) is 2. The van der Waals surface area contributed by atoms with Crippen molar-refractivity contribution >= 4 is 11.7 Å². The van der Waals surface area contributed by atoms with Crippen molar-refractivity contribution in [1.29, 1.82) is 0 Å². The van der Waals surface area contributed by atoms with E-state index in [2.05, 4.69) is 10.6 Å². The predicted octanol–water partition coefficient (Wildman–Crippen LogP) is 3.99. The van der Waals surface area contributed by atoms with E-state index in [9.17, 15) is 4.79 Å². The van der Waals surface area contributed by atoms with Crippen LogP contribution in [0.1, 0.15) is 19.4 Å². The topological polar surface area (TPSA) is 68.8 Å². The number of hydrogen-bond donors (Lipinski definition) is 2. The Morgan fingerprint density at radius 3 is 2.58 bits per heavy atom. The maximum absolute atomic E-state index is 12.1. The summed E-state index contributed by atoms with van der Waals surface area (Å²) in [6, 6.07) is 12.7. The van der Waals surface area contributed by atoms with Crippen LogP contribution in [0.5, 0.6) is 17.2 Å². The monoisotopic (exact) mass is 358 g/mol. The molecule has 140 valence electrons. The number of methoxy groups -OCH3 is 1. The quantitative estimate of drug-likeness (QED) is 0.700. The van der Waals surface area contributed by atoms with Crippen LogP contribution < -0.4 is 24.8 Å². The van der Waals surface area contributed by atoms with Crippen LogP contribution in [-0.2, 0) is 0 Å². The minimum Gasteiger partial charge on any atom is -0.493 e. The third-order valence-corrected chi connectivity index (χ3v) is 3.46. The summed E-state index contributed by atoms with van der Waals surface area (Å²) >= 11 is 0. The summed E-state index contributed by atoms with van der Waals surface area (Å²) in [6.07, 6.45) is 0.0268. The zero-order valence-electron chi connectivity index (χ0n) is 15.7. The van der Waals surface area contributed by atoms with Crippen molar-refractivity contribution in [2.75, 3.05) is 25.6 Å². The van der Waals surface area contributed by atoms with Crippen molar-refractivity contribution in [1.82, 2.24) is 5.32 Å². The van der Waals surface area contributed by atoms with Gasteiger partial charge in [-0.3, -0.25) is 0 Å². The maximum atomic E-state index is 12.1. The first kappa shape index (κ1) is 19.4. The molecule has 0 unspecified atom stereocenters. The number of carbonyl (C=O) groups is 1. The molecule has 2 aromatic rings. The van der Waals surface area contributed by atoms with Crippen LogP contribution in [0.4, 0.5) is 10.5 Å². The summed E-state index contributed by atoms with van der Waals surface area (Å²) in [5, 5.41) is 5.55. The zero-order valence-corrected chi connectivity index (χ0v) is 15.7. The molecule has 0 aliphatic rings. The number of benzene rings is 2. The van der Waals surface area contributed by atoms with Crippen LogP contribution in [0.25, 0.3) is 0 Å². The van der Waals surface area contributed by atoms with Gasteiger partial charge in [-0.25, -0.2) is 4.79 Å². The van der Waals surface area contributed by atoms with Crippen molar-refractivity contribution in [3.63, 3.8) is 0 Å². The lowest BCUT2D eigenvalue weighted by molar-refractivity contribution is 0.240. The van der Waals surface area contributed by atoms with Gasteiger partial charge in [-0.1, -0.05) is 18.2 Å². The number of hydrogen-bond acceptors (Lipinski definition) is 4. The van der Waals surface area contributed by atoms with E-state index in [4.69, 9.17) is 14.2 Å². The third-order valence-electron chi connectivity index (χ3n) is 3.46. The number of aryl methyl sites for hydroxylation is 1. The Kier molecular flexibility index (Phi) is 7.14. The molecule has 2 aromatic carbocycles. The fourth-order valence-electron chi connectivity index (χ4n) is 2.31. The van der Waals surface area contributed by atoms with Gasteiger partial charge in [0.05, 0.1) is 25.4 Å². The number of anilines is 1. The molecule has 0 aromatic heterocycles. The molecular weight excluding hydrogens is 332 g/mol. The van der Waals surface area contributed by atoms with E-state index in [1.54, 1.807) is 13.2 Å². The molecular formula is C20H26N2O4. The van der Waals surface area contributed by atoms with Gasteiger partial charge in [0.15, 0.2) is 11.5 Å². The lowest BCUT2D eigenvalue weighted by Crippen LogP contribution is -2.32. The molecule has 0 saturated carbocycles. The number of amides is 2. The van der Waals surface area contributed by atoms with E-state index in [1.807, 2.05) is 57.2 Å². The third kappa shape index (κ3) is 5.88. The standard InChI is InChI=1S/C20H26N2O4/c1-14(2)26-17-8-6-5-7-16(17)22-20(23)21-11-12-25-18-10-9-15(3)13-19(18)24-4/h5-10,13-14H,11-12H2,1-4H3,(H2,21,22,23). The average molecular weight is 358 g/mol. The Hall–Kier alpha value is -2.89. The molecule has 0 saturated heterocycles. The Morgan fingerprint density at radius 1 is 1.08 bits per heavy atom. The minimum atomic E-state index is -0.315. The van der Waals surface area contributed by atoms with Crippen LogP contribution in [0.2, 0.25) is 0 Å². The molecule has 0 bridgehead atoms. The molecule has 6 heteroatoms. The second kappa shape index (κ2) is 9.56. The second-order valence-corrected chi connectivity index (χ2v) is 6.05. The van der Waals surface area contributed by atoms with Gasteiger partial charge < -0.3 is 24.8 Å². The van der Waals surface area contributed by atoms with Crippen LogP contribution in [-0.4, -0.2) is 32.4 Å². The number of rotatable bonds is 8. The van der Waals surface area contributed by atoms with Crippen molar-refractivity contribution in [3.8, 4) is 17.2 Å². The van der Waals surface area contributed by atoms with Crippen LogP contribution in [0.3, 0.4) is 0 Å². The fraction of sp³-hybridized carbons (Fsp3) is 0.350. The van der Waals surface area contributed by atoms with E-state index in [0.717, 1.165) is 5.56 Å². The molecule has 6 nitrogen and oxygen atoms in total. The average Bonchev–Trinajstić information content (AvgIpc) is 2.61. The van der Waals surface area contributed by atoms with Gasteiger partial charge in [-0.05, 0) is 50.6 Å². The summed E-state index contributed by atoms with van der Waals surface area (Å²) in [5.74, 6) is 1.96. The molecule has 0 atom stereocenters. The van der Waals surface area contributed by atoms with E-state index >= 15 is 0 Å². The van der Waals surface area contributed by atoms with Crippen molar-refractivity contribution in [3.05, 3.63) is 48.0 Å². The molecule has 0 spiro atoms. The highest BCUT2D eigenvalue weighted by Crippen LogP contribution is 2.27. The molecule has 0 heterocycles. The zero-order chi connectivity index (χ0) is 18.9. The van der Waals surface area contributed by atoms with E-state index in [-0.39, 0.29) is 12.1 Å². The van der Waals surface area contributed by atoms with Gasteiger partial charge in [0.25, 0.3) is 0 Å². The Balaban J connectivity index is 1.81. The van der Waals surface area contributed by atoms with Gasteiger partial charge in [0, 0.05) is 0 Å². The Bertz CT molecular complexity index is 732. The molecule has 2 rings (SSSR count). The van der Waals surface area contributed by atoms with Crippen molar-refractivity contribution in [2.24, 2.45) is 0 Å². The lowest BCUT2D eigenvalue weighted by Gasteiger charge is -2.15. The van der Waals surface area contributed by atoms with Crippen LogP contribution in [0.15, 0.2) is 42.5 Å². The van der Waals surface area contributed by atoms with E-state index < -0.39 is 0 Å². The number of carbonyl (C=O) groups excluding carboxylic acids is 1. The van der Waals surface area contributed by atoms with E-state index in [0.29, 0.717) is 36.1 Å². The largest absolute Gasteiger partial charge is 0.493 e. The number of para-hydroxylation sites is 2. The van der Waals surface area contributed by atoms with Crippen LogP contribution in [0, 0.1) is 6.92 Å². The first-order chi connectivity index (χ1) is 12.5. The first-order valence-corrected chi connectivity index (χ1v) is 8.57. The molecule has 0 aliphatic carbocycles. The summed E-state index contributed by atoms with van der Waals surface area (Å²) in [5.41, 5.74) is 1.72. The van der Waals surface area contributed by atoms with Gasteiger partial charge in [0.1, 0.15) is 12.4 Å². The SMILES string of the molecule is COc1cc(C)ccc1OCCNC(=O)Nc1ccccc1OC(C)C. The highest BCUT2D eigenvalue weighted by atomic mass is 16.5. The van der Waals surface area contributed by atoms with Gasteiger partial charge in [-0.15, -0.1) is 0 Å². The minimum absolute atomic E-state index is 0.0268. The highest BCUT2D eigenvalue weighted by Gasteiger charge is 2.09. The fourth-order valence-corrected chi connectivity index (χ4v) is 2.31. The number of urea groups is 1. The lowest BCUT2D eigenvalue weighted by atomic mass is 10.2. The van der Waals surface area contributed by atoms with Crippen molar-refractivity contribution in [2.45, 2.75) is 26.9 Å². The molecule has 2 N–H and O–H groups in total. The molecule has 0 fully saturated rings. The highest BCUT2D eigenvalue weighted by molar-refractivity contribution is 5.90. The van der Waals surface area contributed by atoms with Gasteiger partial charge in [-0.2, -0.15) is 0 Å². The van der Waals surface area contributed by atoms with Gasteiger partial charge in [0.2, 0.25) is 0 Å². The smallest absolute Gasteiger partial charge is 0.319 e. The van der Waals surface area contributed by atoms with Gasteiger partial charge >= 0.3 is 6.03 Å². The summed E-state index contributed by atoms with van der Waals surface area (Å²) in [4.78, 5) is 12.1.